The van der Waals surface area contributed by atoms with E-state index >= 15 is 0 Å². The predicted octanol–water partition coefficient (Wildman–Crippen LogP) is 2.71. The summed E-state index contributed by atoms with van der Waals surface area (Å²) in [5.41, 5.74) is 2.16. The van der Waals surface area contributed by atoms with Gasteiger partial charge in [-0.2, -0.15) is 0 Å². The Kier molecular flexibility index (Phi) is 7.61. The number of hydrogen-bond donors (Lipinski definition) is 1. The number of rotatable bonds is 8. The van der Waals surface area contributed by atoms with Crippen LogP contribution >= 0.6 is 0 Å². The molecule has 0 aliphatic carbocycles. The Balaban J connectivity index is 1.43. The second kappa shape index (κ2) is 10.6. The maximum absolute atomic E-state index is 12.2. The number of carbonyl (C=O) groups excluding carboxylic acids is 2. The summed E-state index contributed by atoms with van der Waals surface area (Å²) in [5.74, 6) is -0.190. The van der Waals surface area contributed by atoms with E-state index in [1.807, 2.05) is 19.1 Å². The van der Waals surface area contributed by atoms with E-state index in [0.717, 1.165) is 44.2 Å². The molecule has 29 heavy (non-hydrogen) atoms. The van der Waals surface area contributed by atoms with Gasteiger partial charge in [-0.05, 0) is 48.9 Å². The fourth-order valence-corrected chi connectivity index (χ4v) is 2.98. The molecule has 1 fully saturated rings. The maximum atomic E-state index is 12.2. The topological polar surface area (TPSA) is 77.1 Å². The standard InChI is InChI=1S/C22H26N2O5/c1-2-28-20-9-7-19(8-10-20)23-21(25)16-29-22(26)18-5-3-17(4-6-18)15-24-11-13-27-14-12-24/h3-10H,2,11-16H2,1H3,(H,23,25). The molecule has 0 aromatic heterocycles. The molecule has 1 aliphatic rings. The Morgan fingerprint density at radius 3 is 2.38 bits per heavy atom. The third-order valence-electron chi connectivity index (χ3n) is 4.48. The normalized spacial score (nSPS) is 14.2. The summed E-state index contributed by atoms with van der Waals surface area (Å²) < 4.78 is 15.8. The van der Waals surface area contributed by atoms with Gasteiger partial charge in [0.25, 0.3) is 5.91 Å². The van der Waals surface area contributed by atoms with Crippen molar-refractivity contribution in [2.75, 3.05) is 44.8 Å². The van der Waals surface area contributed by atoms with E-state index in [9.17, 15) is 9.59 Å². The van der Waals surface area contributed by atoms with Crippen LogP contribution in [0.2, 0.25) is 0 Å². The zero-order valence-electron chi connectivity index (χ0n) is 16.6. The summed E-state index contributed by atoms with van der Waals surface area (Å²) >= 11 is 0. The molecule has 2 aromatic rings. The van der Waals surface area contributed by atoms with Gasteiger partial charge < -0.3 is 19.5 Å². The van der Waals surface area contributed by atoms with E-state index in [4.69, 9.17) is 14.2 Å². The second-order valence-corrected chi connectivity index (χ2v) is 6.67. The lowest BCUT2D eigenvalue weighted by Crippen LogP contribution is -2.35. The van der Waals surface area contributed by atoms with Crippen molar-refractivity contribution in [3.63, 3.8) is 0 Å². The average molecular weight is 398 g/mol. The molecule has 0 bridgehead atoms. The first-order chi connectivity index (χ1) is 14.1. The largest absolute Gasteiger partial charge is 0.494 e. The zero-order valence-corrected chi connectivity index (χ0v) is 16.6. The number of nitrogens with zero attached hydrogens (tertiary/aromatic N) is 1. The lowest BCUT2D eigenvalue weighted by Gasteiger charge is -2.26. The van der Waals surface area contributed by atoms with E-state index in [1.54, 1.807) is 36.4 Å². The molecule has 0 spiro atoms. The van der Waals surface area contributed by atoms with E-state index in [-0.39, 0.29) is 6.61 Å². The van der Waals surface area contributed by atoms with Crippen LogP contribution in [0.5, 0.6) is 5.75 Å². The minimum Gasteiger partial charge on any atom is -0.494 e. The molecule has 0 unspecified atom stereocenters. The lowest BCUT2D eigenvalue weighted by atomic mass is 10.1. The Morgan fingerprint density at radius 2 is 1.72 bits per heavy atom. The third kappa shape index (κ3) is 6.58. The van der Waals surface area contributed by atoms with Gasteiger partial charge in [-0.15, -0.1) is 0 Å². The summed E-state index contributed by atoms with van der Waals surface area (Å²) in [4.78, 5) is 26.5. The van der Waals surface area contributed by atoms with Crippen LogP contribution in [0.15, 0.2) is 48.5 Å². The Labute approximate surface area is 170 Å². The highest BCUT2D eigenvalue weighted by molar-refractivity contribution is 5.95. The van der Waals surface area contributed by atoms with Crippen molar-refractivity contribution in [2.45, 2.75) is 13.5 Å². The minimum absolute atomic E-state index is 0.346. The number of ether oxygens (including phenoxy) is 3. The van der Waals surface area contributed by atoms with Gasteiger partial charge in [0.2, 0.25) is 0 Å². The summed E-state index contributed by atoms with van der Waals surface area (Å²) in [6, 6.07) is 14.3. The van der Waals surface area contributed by atoms with Crippen LogP contribution in [-0.4, -0.2) is 56.3 Å². The maximum Gasteiger partial charge on any atom is 0.338 e. The van der Waals surface area contributed by atoms with Crippen molar-refractivity contribution >= 4 is 17.6 Å². The molecule has 1 aliphatic heterocycles. The summed E-state index contributed by atoms with van der Waals surface area (Å²) in [6.07, 6.45) is 0. The number of carbonyl (C=O) groups is 2. The number of amides is 1. The fourth-order valence-electron chi connectivity index (χ4n) is 2.98. The molecule has 0 radical (unpaired) electrons. The van der Waals surface area contributed by atoms with Crippen LogP contribution in [0.3, 0.4) is 0 Å². The molecule has 1 saturated heterocycles. The third-order valence-corrected chi connectivity index (χ3v) is 4.48. The zero-order chi connectivity index (χ0) is 20.5. The van der Waals surface area contributed by atoms with Crippen molar-refractivity contribution in [3.05, 3.63) is 59.7 Å². The number of esters is 1. The van der Waals surface area contributed by atoms with E-state index in [2.05, 4.69) is 10.2 Å². The van der Waals surface area contributed by atoms with Crippen LogP contribution in [-0.2, 0) is 20.8 Å². The van der Waals surface area contributed by atoms with Crippen molar-refractivity contribution in [1.82, 2.24) is 4.90 Å². The number of nitrogens with one attached hydrogen (secondary N) is 1. The lowest BCUT2D eigenvalue weighted by molar-refractivity contribution is -0.119. The van der Waals surface area contributed by atoms with Crippen LogP contribution in [0, 0.1) is 0 Å². The molecule has 7 nitrogen and oxygen atoms in total. The molecule has 7 heteroatoms. The molecule has 154 valence electrons. The Hall–Kier alpha value is -2.90. The molecule has 3 rings (SSSR count). The minimum atomic E-state index is -0.523. The first kappa shape index (κ1) is 20.8. The van der Waals surface area contributed by atoms with Crippen LogP contribution in [0.4, 0.5) is 5.69 Å². The first-order valence-corrected chi connectivity index (χ1v) is 9.73. The molecule has 0 atom stereocenters. The SMILES string of the molecule is CCOc1ccc(NC(=O)COC(=O)c2ccc(CN3CCOCC3)cc2)cc1. The highest BCUT2D eigenvalue weighted by Crippen LogP contribution is 2.15. The molecule has 0 saturated carbocycles. The van der Waals surface area contributed by atoms with Gasteiger partial charge in [-0.1, -0.05) is 12.1 Å². The summed E-state index contributed by atoms with van der Waals surface area (Å²) in [7, 11) is 0. The Bertz CT molecular complexity index is 799. The second-order valence-electron chi connectivity index (χ2n) is 6.67. The molecule has 2 aromatic carbocycles. The van der Waals surface area contributed by atoms with Crippen molar-refractivity contribution < 1.29 is 23.8 Å². The van der Waals surface area contributed by atoms with Crippen LogP contribution in [0.25, 0.3) is 0 Å². The van der Waals surface area contributed by atoms with Crippen molar-refractivity contribution in [2.24, 2.45) is 0 Å². The van der Waals surface area contributed by atoms with Gasteiger partial charge in [0.05, 0.1) is 25.4 Å². The molecule has 1 amide bonds. The van der Waals surface area contributed by atoms with Gasteiger partial charge in [0.1, 0.15) is 5.75 Å². The average Bonchev–Trinajstić information content (AvgIpc) is 2.75. The summed E-state index contributed by atoms with van der Waals surface area (Å²) in [6.45, 7) is 6.29. The van der Waals surface area contributed by atoms with Crippen molar-refractivity contribution in [3.8, 4) is 5.75 Å². The van der Waals surface area contributed by atoms with E-state index in [1.165, 1.54) is 0 Å². The number of anilines is 1. The van der Waals surface area contributed by atoms with Crippen LogP contribution in [0.1, 0.15) is 22.8 Å². The van der Waals surface area contributed by atoms with E-state index < -0.39 is 11.9 Å². The smallest absolute Gasteiger partial charge is 0.338 e. The number of benzene rings is 2. The highest BCUT2D eigenvalue weighted by atomic mass is 16.5. The van der Waals surface area contributed by atoms with Gasteiger partial charge >= 0.3 is 5.97 Å². The highest BCUT2D eigenvalue weighted by Gasteiger charge is 2.13. The first-order valence-electron chi connectivity index (χ1n) is 9.73. The molecule has 1 heterocycles. The molecular formula is C22H26N2O5. The monoisotopic (exact) mass is 398 g/mol. The van der Waals surface area contributed by atoms with E-state index in [0.29, 0.717) is 17.9 Å². The Morgan fingerprint density at radius 1 is 1.03 bits per heavy atom. The van der Waals surface area contributed by atoms with Gasteiger partial charge in [0.15, 0.2) is 6.61 Å². The van der Waals surface area contributed by atoms with Gasteiger partial charge in [-0.3, -0.25) is 9.69 Å². The molecule has 1 N–H and O–H groups in total. The fraction of sp³-hybridized carbons (Fsp3) is 0.364. The van der Waals surface area contributed by atoms with Gasteiger partial charge in [0, 0.05) is 25.3 Å². The van der Waals surface area contributed by atoms with Crippen molar-refractivity contribution in [1.29, 1.82) is 0 Å². The van der Waals surface area contributed by atoms with Crippen LogP contribution < -0.4 is 10.1 Å². The predicted molar refractivity (Wildman–Crippen MR) is 109 cm³/mol. The van der Waals surface area contributed by atoms with Gasteiger partial charge in [-0.25, -0.2) is 4.79 Å². The summed E-state index contributed by atoms with van der Waals surface area (Å²) in [5, 5.41) is 2.69. The quantitative estimate of drug-likeness (QED) is 0.689. The molecular weight excluding hydrogens is 372 g/mol. The number of hydrogen-bond acceptors (Lipinski definition) is 6. The number of morpholine rings is 1.